The van der Waals surface area contributed by atoms with Crippen LogP contribution in [0.2, 0.25) is 0 Å². The first-order chi connectivity index (χ1) is 8.48. The van der Waals surface area contributed by atoms with Gasteiger partial charge in [-0.3, -0.25) is 4.79 Å². The summed E-state index contributed by atoms with van der Waals surface area (Å²) in [5.74, 6) is -0.909. The molecular formula is C11H13NO5S. The van der Waals surface area contributed by atoms with E-state index in [0.29, 0.717) is 5.75 Å². The SMILES string of the molecule is O=C(O)CCS(=O)(=O)NC1COc2ccccc21. The first kappa shape index (κ1) is 12.8. The van der Waals surface area contributed by atoms with Crippen LogP contribution in [0.3, 0.4) is 0 Å². The molecule has 0 radical (unpaired) electrons. The Labute approximate surface area is 105 Å². The van der Waals surface area contributed by atoms with E-state index in [1.807, 2.05) is 0 Å². The number of benzene rings is 1. The molecule has 7 heteroatoms. The normalized spacial score (nSPS) is 18.1. The number of ether oxygens (including phenoxy) is 1. The Balaban J connectivity index is 2.05. The Morgan fingerprint density at radius 2 is 2.17 bits per heavy atom. The molecule has 1 aromatic carbocycles. The van der Waals surface area contributed by atoms with Crippen molar-refractivity contribution in [2.45, 2.75) is 12.5 Å². The molecule has 6 nitrogen and oxygen atoms in total. The van der Waals surface area contributed by atoms with Crippen molar-refractivity contribution >= 4 is 16.0 Å². The van der Waals surface area contributed by atoms with Crippen molar-refractivity contribution in [2.24, 2.45) is 0 Å². The van der Waals surface area contributed by atoms with Crippen LogP contribution in [-0.4, -0.2) is 31.9 Å². The largest absolute Gasteiger partial charge is 0.491 e. The van der Waals surface area contributed by atoms with E-state index in [0.717, 1.165) is 5.56 Å². The number of carboxylic acid groups (broad SMARTS) is 1. The Bertz CT molecular complexity index is 554. The zero-order valence-corrected chi connectivity index (χ0v) is 10.3. The van der Waals surface area contributed by atoms with Crippen LogP contribution in [0.15, 0.2) is 24.3 Å². The third-order valence-corrected chi connectivity index (χ3v) is 3.99. The van der Waals surface area contributed by atoms with Crippen LogP contribution < -0.4 is 9.46 Å². The van der Waals surface area contributed by atoms with Crippen LogP contribution in [0.25, 0.3) is 0 Å². The van der Waals surface area contributed by atoms with Gasteiger partial charge in [0.1, 0.15) is 12.4 Å². The number of carbonyl (C=O) groups is 1. The zero-order chi connectivity index (χ0) is 13.2. The van der Waals surface area contributed by atoms with Crippen LogP contribution >= 0.6 is 0 Å². The molecule has 0 spiro atoms. The van der Waals surface area contributed by atoms with Gasteiger partial charge in [-0.05, 0) is 6.07 Å². The summed E-state index contributed by atoms with van der Waals surface area (Å²) in [7, 11) is -3.61. The highest BCUT2D eigenvalue weighted by Crippen LogP contribution is 2.31. The van der Waals surface area contributed by atoms with Gasteiger partial charge in [0, 0.05) is 5.56 Å². The molecule has 1 atom stereocenters. The number of nitrogens with one attached hydrogen (secondary N) is 1. The molecule has 0 saturated heterocycles. The molecule has 0 aromatic heterocycles. The van der Waals surface area contributed by atoms with E-state index >= 15 is 0 Å². The number of para-hydroxylation sites is 1. The van der Waals surface area contributed by atoms with Gasteiger partial charge in [-0.2, -0.15) is 0 Å². The second-order valence-corrected chi connectivity index (χ2v) is 5.86. The average molecular weight is 271 g/mol. The van der Waals surface area contributed by atoms with E-state index < -0.39 is 34.2 Å². The molecule has 98 valence electrons. The molecule has 0 amide bonds. The molecule has 1 unspecified atom stereocenters. The summed E-state index contributed by atoms with van der Waals surface area (Å²) in [6.07, 6.45) is -0.412. The molecule has 1 aliphatic heterocycles. The van der Waals surface area contributed by atoms with Crippen LogP contribution in [0.4, 0.5) is 0 Å². The Morgan fingerprint density at radius 3 is 2.89 bits per heavy atom. The Kier molecular flexibility index (Phi) is 3.53. The second-order valence-electron chi connectivity index (χ2n) is 3.98. The fraction of sp³-hybridized carbons (Fsp3) is 0.364. The lowest BCUT2D eigenvalue weighted by Crippen LogP contribution is -2.32. The number of fused-ring (bicyclic) bond motifs is 1. The summed E-state index contributed by atoms with van der Waals surface area (Å²) >= 11 is 0. The van der Waals surface area contributed by atoms with Gasteiger partial charge in [-0.15, -0.1) is 0 Å². The lowest BCUT2D eigenvalue weighted by atomic mass is 10.1. The minimum Gasteiger partial charge on any atom is -0.491 e. The predicted octanol–water partition coefficient (Wildman–Crippen LogP) is 0.514. The van der Waals surface area contributed by atoms with Crippen molar-refractivity contribution in [1.82, 2.24) is 4.72 Å². The fourth-order valence-corrected chi connectivity index (χ4v) is 2.95. The molecule has 0 saturated carbocycles. The average Bonchev–Trinajstić information content (AvgIpc) is 2.70. The Hall–Kier alpha value is -1.60. The molecule has 2 N–H and O–H groups in total. The van der Waals surface area contributed by atoms with Gasteiger partial charge in [0.15, 0.2) is 0 Å². The lowest BCUT2D eigenvalue weighted by molar-refractivity contribution is -0.136. The quantitative estimate of drug-likeness (QED) is 0.814. The number of hydrogen-bond donors (Lipinski definition) is 2. The number of carboxylic acids is 1. The van der Waals surface area contributed by atoms with Crippen molar-refractivity contribution in [1.29, 1.82) is 0 Å². The first-order valence-electron chi connectivity index (χ1n) is 5.41. The summed E-state index contributed by atoms with van der Waals surface area (Å²) in [5.41, 5.74) is 0.774. The molecular weight excluding hydrogens is 258 g/mol. The van der Waals surface area contributed by atoms with Crippen molar-refractivity contribution < 1.29 is 23.1 Å². The predicted molar refractivity (Wildman–Crippen MR) is 63.9 cm³/mol. The minimum absolute atomic E-state index is 0.228. The topological polar surface area (TPSA) is 92.7 Å². The summed E-state index contributed by atoms with van der Waals surface area (Å²) in [4.78, 5) is 10.4. The molecule has 1 heterocycles. The first-order valence-corrected chi connectivity index (χ1v) is 7.07. The van der Waals surface area contributed by atoms with Gasteiger partial charge >= 0.3 is 5.97 Å². The van der Waals surface area contributed by atoms with Gasteiger partial charge in [0.2, 0.25) is 10.0 Å². The third-order valence-electron chi connectivity index (χ3n) is 2.61. The van der Waals surface area contributed by atoms with Crippen LogP contribution in [-0.2, 0) is 14.8 Å². The number of rotatable bonds is 5. The van der Waals surface area contributed by atoms with E-state index in [1.54, 1.807) is 24.3 Å². The smallest absolute Gasteiger partial charge is 0.304 e. The molecule has 18 heavy (non-hydrogen) atoms. The zero-order valence-electron chi connectivity index (χ0n) is 9.50. The minimum atomic E-state index is -3.61. The third kappa shape index (κ3) is 2.99. The second kappa shape index (κ2) is 4.95. The molecule has 1 aliphatic rings. The number of sulfonamides is 1. The highest BCUT2D eigenvalue weighted by molar-refractivity contribution is 7.89. The molecule has 2 rings (SSSR count). The molecule has 0 fully saturated rings. The van der Waals surface area contributed by atoms with Crippen LogP contribution in [0.1, 0.15) is 18.0 Å². The lowest BCUT2D eigenvalue weighted by Gasteiger charge is -2.11. The highest BCUT2D eigenvalue weighted by Gasteiger charge is 2.27. The highest BCUT2D eigenvalue weighted by atomic mass is 32.2. The molecule has 1 aromatic rings. The molecule has 0 bridgehead atoms. The maximum atomic E-state index is 11.7. The van der Waals surface area contributed by atoms with Crippen molar-refractivity contribution in [3.8, 4) is 5.75 Å². The number of aliphatic carboxylic acids is 1. The van der Waals surface area contributed by atoms with Gasteiger partial charge in [-0.25, -0.2) is 13.1 Å². The summed E-state index contributed by atoms with van der Waals surface area (Å²) in [6.45, 7) is 0.228. The maximum Gasteiger partial charge on any atom is 0.304 e. The molecule has 0 aliphatic carbocycles. The van der Waals surface area contributed by atoms with Gasteiger partial charge in [0.25, 0.3) is 0 Å². The summed E-state index contributed by atoms with van der Waals surface area (Å²) in [6, 6.07) is 6.71. The van der Waals surface area contributed by atoms with Gasteiger partial charge in [0.05, 0.1) is 18.2 Å². The van der Waals surface area contributed by atoms with E-state index in [2.05, 4.69) is 4.72 Å². The Morgan fingerprint density at radius 1 is 1.44 bits per heavy atom. The monoisotopic (exact) mass is 271 g/mol. The van der Waals surface area contributed by atoms with E-state index in [1.165, 1.54) is 0 Å². The fourth-order valence-electron chi connectivity index (χ4n) is 1.76. The summed E-state index contributed by atoms with van der Waals surface area (Å²) < 4.78 is 31.1. The van der Waals surface area contributed by atoms with Crippen molar-refractivity contribution in [2.75, 3.05) is 12.4 Å². The maximum absolute atomic E-state index is 11.7. The van der Waals surface area contributed by atoms with Gasteiger partial charge in [-0.1, -0.05) is 18.2 Å². The van der Waals surface area contributed by atoms with Crippen molar-refractivity contribution in [3.63, 3.8) is 0 Å². The standard InChI is InChI=1S/C11H13NO5S/c13-11(14)5-6-18(15,16)12-9-7-17-10-4-2-1-3-8(9)10/h1-4,9,12H,5-7H2,(H,13,14). The van der Waals surface area contributed by atoms with Crippen molar-refractivity contribution in [3.05, 3.63) is 29.8 Å². The summed E-state index contributed by atoms with van der Waals surface area (Å²) in [5, 5.41) is 8.48. The van der Waals surface area contributed by atoms with E-state index in [9.17, 15) is 13.2 Å². The van der Waals surface area contributed by atoms with Crippen LogP contribution in [0, 0.1) is 0 Å². The van der Waals surface area contributed by atoms with E-state index in [4.69, 9.17) is 9.84 Å². The number of hydrogen-bond acceptors (Lipinski definition) is 4. The van der Waals surface area contributed by atoms with E-state index in [-0.39, 0.29) is 6.61 Å². The van der Waals surface area contributed by atoms with Gasteiger partial charge < -0.3 is 9.84 Å². The van der Waals surface area contributed by atoms with Crippen LogP contribution in [0.5, 0.6) is 5.75 Å².